The zero-order valence-electron chi connectivity index (χ0n) is 15.8. The van der Waals surface area contributed by atoms with Gasteiger partial charge in [-0.3, -0.25) is 15.1 Å². The molecule has 6 nitrogen and oxygen atoms in total. The predicted molar refractivity (Wildman–Crippen MR) is 110 cm³/mol. The van der Waals surface area contributed by atoms with Crippen molar-refractivity contribution < 1.29 is 14.7 Å². The second-order valence-corrected chi connectivity index (χ2v) is 7.03. The molecule has 0 fully saturated rings. The van der Waals surface area contributed by atoms with Crippen LogP contribution < -0.4 is 10.6 Å². The number of amides is 1. The summed E-state index contributed by atoms with van der Waals surface area (Å²) in [5, 5.41) is 15.2. The van der Waals surface area contributed by atoms with Gasteiger partial charge in [0.15, 0.2) is 0 Å². The number of carbonyl (C=O) groups excluding carboxylic acids is 1. The molecule has 3 aromatic rings. The molecule has 1 amide bonds. The third kappa shape index (κ3) is 4.17. The number of fused-ring (bicyclic) bond motifs is 2. The van der Waals surface area contributed by atoms with Crippen LogP contribution in [0.1, 0.15) is 38.7 Å². The van der Waals surface area contributed by atoms with Crippen LogP contribution >= 0.6 is 0 Å². The number of pyridine rings is 1. The van der Waals surface area contributed by atoms with E-state index in [0.29, 0.717) is 5.69 Å². The van der Waals surface area contributed by atoms with Crippen LogP contribution in [0.2, 0.25) is 0 Å². The first-order valence-corrected chi connectivity index (χ1v) is 9.49. The number of benzene rings is 2. The third-order valence-corrected chi connectivity index (χ3v) is 5.13. The highest BCUT2D eigenvalue weighted by Crippen LogP contribution is 2.32. The summed E-state index contributed by atoms with van der Waals surface area (Å²) in [4.78, 5) is 27.4. The van der Waals surface area contributed by atoms with E-state index in [-0.39, 0.29) is 24.1 Å². The molecule has 1 aromatic heterocycles. The van der Waals surface area contributed by atoms with Gasteiger partial charge in [-0.15, -0.1) is 0 Å². The first-order valence-electron chi connectivity index (χ1n) is 9.49. The molecular formula is C23H21N3O3. The number of aromatic nitrogens is 1. The van der Waals surface area contributed by atoms with Gasteiger partial charge in [0.1, 0.15) is 0 Å². The van der Waals surface area contributed by atoms with Crippen molar-refractivity contribution in [3.05, 3.63) is 94.8 Å². The summed E-state index contributed by atoms with van der Waals surface area (Å²) < 4.78 is 0. The smallest absolute Gasteiger partial charge is 0.337 e. The van der Waals surface area contributed by atoms with Crippen LogP contribution in [0.25, 0.3) is 0 Å². The summed E-state index contributed by atoms with van der Waals surface area (Å²) >= 11 is 0. The minimum absolute atomic E-state index is 0.0300. The Balaban J connectivity index is 1.53. The van der Waals surface area contributed by atoms with Gasteiger partial charge in [0.05, 0.1) is 30.0 Å². The lowest BCUT2D eigenvalue weighted by molar-refractivity contribution is -0.115. The summed E-state index contributed by atoms with van der Waals surface area (Å²) in [5.74, 6) is -1.34. The van der Waals surface area contributed by atoms with Gasteiger partial charge < -0.3 is 10.4 Å². The fourth-order valence-corrected chi connectivity index (χ4v) is 3.77. The molecule has 1 heterocycles. The second-order valence-electron chi connectivity index (χ2n) is 7.03. The largest absolute Gasteiger partial charge is 0.478 e. The van der Waals surface area contributed by atoms with Crippen LogP contribution in [0.5, 0.6) is 0 Å². The molecule has 1 aliphatic carbocycles. The molecule has 0 unspecified atom stereocenters. The Bertz CT molecular complexity index is 1020. The average molecular weight is 387 g/mol. The lowest BCUT2D eigenvalue weighted by Crippen LogP contribution is -2.32. The Morgan fingerprint density at radius 3 is 2.21 bits per heavy atom. The normalized spacial score (nSPS) is 13.1. The number of aryl methyl sites for hydroxylation is 2. The first-order chi connectivity index (χ1) is 14.1. The number of carboxylic acids is 1. The van der Waals surface area contributed by atoms with Gasteiger partial charge in [-0.1, -0.05) is 48.5 Å². The van der Waals surface area contributed by atoms with Crippen LogP contribution in [0.4, 0.5) is 5.69 Å². The van der Waals surface area contributed by atoms with Crippen molar-refractivity contribution in [1.82, 2.24) is 10.3 Å². The van der Waals surface area contributed by atoms with E-state index >= 15 is 0 Å². The molecule has 1 aliphatic rings. The third-order valence-electron chi connectivity index (χ3n) is 5.13. The summed E-state index contributed by atoms with van der Waals surface area (Å²) in [6.07, 6.45) is 4.60. The number of hydrogen-bond donors (Lipinski definition) is 3. The maximum atomic E-state index is 12.5. The fourth-order valence-electron chi connectivity index (χ4n) is 3.77. The van der Waals surface area contributed by atoms with E-state index in [1.54, 1.807) is 0 Å². The van der Waals surface area contributed by atoms with Gasteiger partial charge in [0.25, 0.3) is 0 Å². The highest BCUT2D eigenvalue weighted by Gasteiger charge is 2.23. The van der Waals surface area contributed by atoms with Crippen LogP contribution in [-0.4, -0.2) is 28.5 Å². The molecular weight excluding hydrogens is 366 g/mol. The standard InChI is InChI=1S/C23H21N3O3/c27-21(26-18-11-17(23(28)29)12-24-13-18)14-25-22-19-7-3-1-5-15(19)9-10-16-6-2-4-8-20(16)22/h1-8,11-13,22,25H,9-10,14H2,(H,26,27)(H,28,29). The highest BCUT2D eigenvalue weighted by molar-refractivity contribution is 5.94. The van der Waals surface area contributed by atoms with E-state index in [4.69, 9.17) is 5.11 Å². The highest BCUT2D eigenvalue weighted by atomic mass is 16.4. The second kappa shape index (κ2) is 8.24. The molecule has 0 saturated carbocycles. The van der Waals surface area contributed by atoms with E-state index in [9.17, 15) is 9.59 Å². The predicted octanol–water partition coefficient (Wildman–Crippen LogP) is 3.20. The maximum absolute atomic E-state index is 12.5. The minimum atomic E-state index is -1.08. The monoisotopic (exact) mass is 387 g/mol. The molecule has 0 atom stereocenters. The topological polar surface area (TPSA) is 91.3 Å². The van der Waals surface area contributed by atoms with Crippen LogP contribution in [0.15, 0.2) is 67.0 Å². The zero-order chi connectivity index (χ0) is 20.2. The maximum Gasteiger partial charge on any atom is 0.337 e. The van der Waals surface area contributed by atoms with Gasteiger partial charge in [-0.25, -0.2) is 4.79 Å². The van der Waals surface area contributed by atoms with Crippen LogP contribution in [0, 0.1) is 0 Å². The number of nitrogens with one attached hydrogen (secondary N) is 2. The lowest BCUT2D eigenvalue weighted by atomic mass is 9.94. The number of rotatable bonds is 5. The zero-order valence-corrected chi connectivity index (χ0v) is 15.8. The van der Waals surface area contributed by atoms with Crippen molar-refractivity contribution in [2.45, 2.75) is 18.9 Å². The fraction of sp³-hybridized carbons (Fsp3) is 0.174. The average Bonchev–Trinajstić information content (AvgIpc) is 2.89. The van der Waals surface area contributed by atoms with Crippen molar-refractivity contribution >= 4 is 17.6 Å². The number of hydrogen-bond acceptors (Lipinski definition) is 4. The number of carboxylic acid groups (broad SMARTS) is 1. The molecule has 0 aliphatic heterocycles. The van der Waals surface area contributed by atoms with E-state index in [2.05, 4.69) is 39.9 Å². The van der Waals surface area contributed by atoms with Crippen molar-refractivity contribution in [2.24, 2.45) is 0 Å². The minimum Gasteiger partial charge on any atom is -0.478 e. The summed E-state index contributed by atoms with van der Waals surface area (Å²) in [6.45, 7) is 0.0879. The quantitative estimate of drug-likeness (QED) is 0.625. The SMILES string of the molecule is O=C(CNC1c2ccccc2CCc2ccccc21)Nc1cncc(C(=O)O)c1. The van der Waals surface area contributed by atoms with Crippen LogP contribution in [-0.2, 0) is 17.6 Å². The Hall–Kier alpha value is -3.51. The van der Waals surface area contributed by atoms with E-state index in [1.165, 1.54) is 40.7 Å². The number of aromatic carboxylic acids is 1. The Morgan fingerprint density at radius 1 is 0.966 bits per heavy atom. The molecule has 0 saturated heterocycles. The molecule has 0 bridgehead atoms. The van der Waals surface area contributed by atoms with Gasteiger partial charge in [-0.2, -0.15) is 0 Å². The molecule has 0 radical (unpaired) electrons. The lowest BCUT2D eigenvalue weighted by Gasteiger charge is -2.21. The van der Waals surface area contributed by atoms with Crippen molar-refractivity contribution in [3.63, 3.8) is 0 Å². The molecule has 146 valence electrons. The van der Waals surface area contributed by atoms with Crippen molar-refractivity contribution in [3.8, 4) is 0 Å². The Morgan fingerprint density at radius 2 is 1.59 bits per heavy atom. The molecule has 6 heteroatoms. The van der Waals surface area contributed by atoms with E-state index in [0.717, 1.165) is 12.8 Å². The molecule has 4 rings (SSSR count). The van der Waals surface area contributed by atoms with Crippen molar-refractivity contribution in [2.75, 3.05) is 11.9 Å². The van der Waals surface area contributed by atoms with Gasteiger partial charge in [0, 0.05) is 6.20 Å². The van der Waals surface area contributed by atoms with Crippen molar-refractivity contribution in [1.29, 1.82) is 0 Å². The van der Waals surface area contributed by atoms with E-state index < -0.39 is 5.97 Å². The van der Waals surface area contributed by atoms with E-state index in [1.807, 2.05) is 24.3 Å². The number of nitrogens with zero attached hydrogens (tertiary/aromatic N) is 1. The van der Waals surface area contributed by atoms with Gasteiger partial charge in [0.2, 0.25) is 5.91 Å². The molecule has 29 heavy (non-hydrogen) atoms. The molecule has 0 spiro atoms. The summed E-state index contributed by atoms with van der Waals surface area (Å²) in [5.41, 5.74) is 5.31. The first kappa shape index (κ1) is 18.8. The number of anilines is 1. The van der Waals surface area contributed by atoms with Gasteiger partial charge in [-0.05, 0) is 41.2 Å². The Kier molecular flexibility index (Phi) is 5.35. The molecule has 3 N–H and O–H groups in total. The van der Waals surface area contributed by atoms with Crippen LogP contribution in [0.3, 0.4) is 0 Å². The van der Waals surface area contributed by atoms with Gasteiger partial charge >= 0.3 is 5.97 Å². The Labute approximate surface area is 168 Å². The summed E-state index contributed by atoms with van der Waals surface area (Å²) in [6, 6.07) is 17.9. The number of carbonyl (C=O) groups is 2. The molecule has 2 aromatic carbocycles. The summed E-state index contributed by atoms with van der Waals surface area (Å²) in [7, 11) is 0.